The lowest BCUT2D eigenvalue weighted by atomic mass is 9.64. The molecule has 0 radical (unpaired) electrons. The maximum Gasteiger partial charge on any atom is 0.220 e. The highest BCUT2D eigenvalue weighted by Crippen LogP contribution is 2.49. The molecule has 2 atom stereocenters. The Kier molecular flexibility index (Phi) is 4.20. The molecule has 2 N–H and O–H groups in total. The number of carbonyl (C=O) groups is 2. The monoisotopic (exact) mass is 294 g/mol. The van der Waals surface area contributed by atoms with Crippen LogP contribution in [0.15, 0.2) is 0 Å². The highest BCUT2D eigenvalue weighted by atomic mass is 16.5. The molecule has 118 valence electrons. The van der Waals surface area contributed by atoms with Crippen molar-refractivity contribution in [1.29, 1.82) is 0 Å². The first-order chi connectivity index (χ1) is 10.0. The van der Waals surface area contributed by atoms with Crippen LogP contribution in [0.25, 0.3) is 0 Å². The van der Waals surface area contributed by atoms with Crippen molar-refractivity contribution in [2.75, 3.05) is 13.2 Å². The van der Waals surface area contributed by atoms with Gasteiger partial charge in [0.2, 0.25) is 11.8 Å². The van der Waals surface area contributed by atoms with Gasteiger partial charge in [-0.3, -0.25) is 9.59 Å². The van der Waals surface area contributed by atoms with Crippen molar-refractivity contribution in [1.82, 2.24) is 10.6 Å². The van der Waals surface area contributed by atoms with E-state index in [1.807, 2.05) is 0 Å². The second-order valence-corrected chi connectivity index (χ2v) is 7.26. The molecule has 1 saturated carbocycles. The predicted octanol–water partition coefficient (Wildman–Crippen LogP) is 1.37. The molecule has 5 heteroatoms. The molecule has 1 spiro atoms. The van der Waals surface area contributed by atoms with Gasteiger partial charge < -0.3 is 15.4 Å². The molecule has 0 bridgehead atoms. The summed E-state index contributed by atoms with van der Waals surface area (Å²) < 4.78 is 5.65. The van der Waals surface area contributed by atoms with Crippen molar-refractivity contribution >= 4 is 11.8 Å². The molecule has 21 heavy (non-hydrogen) atoms. The van der Waals surface area contributed by atoms with E-state index in [0.29, 0.717) is 30.4 Å². The van der Waals surface area contributed by atoms with Gasteiger partial charge in [0, 0.05) is 30.8 Å². The van der Waals surface area contributed by atoms with E-state index in [1.165, 1.54) is 0 Å². The summed E-state index contributed by atoms with van der Waals surface area (Å²) in [6.07, 6.45) is 6.52. The van der Waals surface area contributed by atoms with Gasteiger partial charge in [0.25, 0.3) is 0 Å². The number of hydrogen-bond acceptors (Lipinski definition) is 3. The van der Waals surface area contributed by atoms with Crippen molar-refractivity contribution in [2.24, 2.45) is 11.3 Å². The standard InChI is InChI=1S/C16H26N2O3/c1-11-7-16(10-21-11)8-13(9-16)18-15(20)6-12-3-2-4-17-14(19)5-12/h11-13H,2-10H2,1H3,(H,17,19)(H,18,20). The van der Waals surface area contributed by atoms with Crippen LogP contribution in [0.2, 0.25) is 0 Å². The van der Waals surface area contributed by atoms with Crippen LogP contribution in [0.1, 0.15) is 51.9 Å². The van der Waals surface area contributed by atoms with Gasteiger partial charge in [-0.1, -0.05) is 0 Å². The average Bonchev–Trinajstić information content (AvgIpc) is 2.64. The molecule has 0 aromatic heterocycles. The van der Waals surface area contributed by atoms with Gasteiger partial charge in [0.1, 0.15) is 0 Å². The van der Waals surface area contributed by atoms with Crippen LogP contribution in [-0.2, 0) is 14.3 Å². The molecule has 3 fully saturated rings. The summed E-state index contributed by atoms with van der Waals surface area (Å²) in [5.74, 6) is 0.405. The maximum absolute atomic E-state index is 12.1. The van der Waals surface area contributed by atoms with Crippen LogP contribution in [0, 0.1) is 11.3 Å². The molecule has 2 amide bonds. The quantitative estimate of drug-likeness (QED) is 0.826. The molecule has 0 aromatic carbocycles. The van der Waals surface area contributed by atoms with Gasteiger partial charge >= 0.3 is 0 Å². The largest absolute Gasteiger partial charge is 0.378 e. The molecule has 1 aliphatic carbocycles. The number of hydrogen-bond donors (Lipinski definition) is 2. The van der Waals surface area contributed by atoms with Crippen molar-refractivity contribution in [2.45, 2.75) is 64.0 Å². The Balaban J connectivity index is 1.40. The number of rotatable bonds is 3. The second kappa shape index (κ2) is 5.95. The highest BCUT2D eigenvalue weighted by Gasteiger charge is 2.49. The minimum Gasteiger partial charge on any atom is -0.378 e. The second-order valence-electron chi connectivity index (χ2n) is 7.26. The predicted molar refractivity (Wildman–Crippen MR) is 78.6 cm³/mol. The van der Waals surface area contributed by atoms with Crippen LogP contribution in [0.4, 0.5) is 0 Å². The van der Waals surface area contributed by atoms with E-state index in [4.69, 9.17) is 4.74 Å². The Hall–Kier alpha value is -1.10. The Morgan fingerprint density at radius 3 is 2.95 bits per heavy atom. The zero-order chi connectivity index (χ0) is 14.9. The number of amides is 2. The Morgan fingerprint density at radius 2 is 2.24 bits per heavy atom. The van der Waals surface area contributed by atoms with E-state index in [2.05, 4.69) is 17.6 Å². The topological polar surface area (TPSA) is 67.4 Å². The van der Waals surface area contributed by atoms with E-state index >= 15 is 0 Å². The SMILES string of the molecule is CC1CC2(CO1)CC(NC(=O)CC1CCCNC(=O)C1)C2. The van der Waals surface area contributed by atoms with Gasteiger partial charge in [-0.05, 0) is 44.9 Å². The van der Waals surface area contributed by atoms with Crippen LogP contribution in [-0.4, -0.2) is 37.1 Å². The molecule has 0 aromatic rings. The van der Waals surface area contributed by atoms with Gasteiger partial charge in [-0.15, -0.1) is 0 Å². The van der Waals surface area contributed by atoms with Crippen LogP contribution < -0.4 is 10.6 Å². The van der Waals surface area contributed by atoms with Crippen molar-refractivity contribution in [3.63, 3.8) is 0 Å². The Labute approximate surface area is 126 Å². The summed E-state index contributed by atoms with van der Waals surface area (Å²) in [6, 6.07) is 0.311. The molecule has 3 rings (SSSR count). The van der Waals surface area contributed by atoms with Crippen molar-refractivity contribution in [3.05, 3.63) is 0 Å². The molecule has 2 unspecified atom stereocenters. The summed E-state index contributed by atoms with van der Waals surface area (Å²) in [5, 5.41) is 6.00. The molecule has 5 nitrogen and oxygen atoms in total. The summed E-state index contributed by atoms with van der Waals surface area (Å²) >= 11 is 0. The smallest absolute Gasteiger partial charge is 0.220 e. The van der Waals surface area contributed by atoms with Gasteiger partial charge in [0.15, 0.2) is 0 Å². The van der Waals surface area contributed by atoms with E-state index in [-0.39, 0.29) is 17.7 Å². The molecule has 3 aliphatic rings. The first-order valence-corrected chi connectivity index (χ1v) is 8.22. The van der Waals surface area contributed by atoms with E-state index in [9.17, 15) is 9.59 Å². The minimum atomic E-state index is 0.0880. The zero-order valence-electron chi connectivity index (χ0n) is 12.8. The van der Waals surface area contributed by atoms with Crippen LogP contribution in [0.5, 0.6) is 0 Å². The lowest BCUT2D eigenvalue weighted by Crippen LogP contribution is -2.51. The number of carbonyl (C=O) groups excluding carboxylic acids is 2. The molecule has 2 saturated heterocycles. The van der Waals surface area contributed by atoms with E-state index in [0.717, 1.165) is 45.3 Å². The third kappa shape index (κ3) is 3.57. The van der Waals surface area contributed by atoms with Crippen LogP contribution in [0.3, 0.4) is 0 Å². The third-order valence-electron chi connectivity index (χ3n) is 5.18. The number of ether oxygens (including phenoxy) is 1. The average molecular weight is 294 g/mol. The Bertz CT molecular complexity index is 418. The molecule has 2 heterocycles. The summed E-state index contributed by atoms with van der Waals surface area (Å²) in [5.41, 5.74) is 0.333. The maximum atomic E-state index is 12.1. The van der Waals surface area contributed by atoms with E-state index < -0.39 is 0 Å². The third-order valence-corrected chi connectivity index (χ3v) is 5.18. The summed E-state index contributed by atoms with van der Waals surface area (Å²) in [4.78, 5) is 23.6. The van der Waals surface area contributed by atoms with Gasteiger partial charge in [-0.25, -0.2) is 0 Å². The first kappa shape index (κ1) is 14.8. The Morgan fingerprint density at radius 1 is 1.43 bits per heavy atom. The molecule has 2 aliphatic heterocycles. The molecular formula is C16H26N2O3. The first-order valence-electron chi connectivity index (χ1n) is 8.22. The fourth-order valence-corrected chi connectivity index (χ4v) is 4.20. The van der Waals surface area contributed by atoms with Crippen LogP contribution >= 0.6 is 0 Å². The summed E-state index contributed by atoms with van der Waals surface area (Å²) in [7, 11) is 0. The van der Waals surface area contributed by atoms with E-state index in [1.54, 1.807) is 0 Å². The lowest BCUT2D eigenvalue weighted by Gasteiger charge is -2.44. The summed E-state index contributed by atoms with van der Waals surface area (Å²) in [6.45, 7) is 3.72. The normalized spacial score (nSPS) is 39.5. The molecular weight excluding hydrogens is 268 g/mol. The van der Waals surface area contributed by atoms with Gasteiger partial charge in [-0.2, -0.15) is 0 Å². The van der Waals surface area contributed by atoms with Crippen molar-refractivity contribution < 1.29 is 14.3 Å². The minimum absolute atomic E-state index is 0.0880. The highest BCUT2D eigenvalue weighted by molar-refractivity contribution is 5.79. The fourth-order valence-electron chi connectivity index (χ4n) is 4.20. The zero-order valence-corrected chi connectivity index (χ0v) is 12.8. The number of nitrogens with one attached hydrogen (secondary N) is 2. The lowest BCUT2D eigenvalue weighted by molar-refractivity contribution is -0.125. The van der Waals surface area contributed by atoms with Gasteiger partial charge in [0.05, 0.1) is 12.7 Å². The van der Waals surface area contributed by atoms with Crippen molar-refractivity contribution in [3.8, 4) is 0 Å². The fraction of sp³-hybridized carbons (Fsp3) is 0.875.